The molecule has 0 N–H and O–H groups in total. The molecular formula is C25H31N3O4. The molecule has 7 nitrogen and oxygen atoms in total. The van der Waals surface area contributed by atoms with Gasteiger partial charge in [0.25, 0.3) is 11.8 Å². The third kappa shape index (κ3) is 5.46. The fourth-order valence-electron chi connectivity index (χ4n) is 4.29. The second-order valence-corrected chi connectivity index (χ2v) is 8.35. The van der Waals surface area contributed by atoms with Crippen molar-refractivity contribution in [2.75, 3.05) is 32.8 Å². The largest absolute Gasteiger partial charge is 0.490 e. The highest BCUT2D eigenvalue weighted by atomic mass is 16.5. The Hall–Kier alpha value is -2.93. The van der Waals surface area contributed by atoms with Crippen molar-refractivity contribution in [2.45, 2.75) is 44.8 Å². The maximum atomic E-state index is 12.9. The van der Waals surface area contributed by atoms with Crippen molar-refractivity contribution in [3.05, 3.63) is 59.9 Å². The van der Waals surface area contributed by atoms with Crippen LogP contribution in [0.3, 0.4) is 0 Å². The first-order valence-corrected chi connectivity index (χ1v) is 11.5. The maximum absolute atomic E-state index is 12.9. The van der Waals surface area contributed by atoms with Crippen molar-refractivity contribution in [3.63, 3.8) is 0 Å². The number of rotatable bonds is 7. The Kier molecular flexibility index (Phi) is 7.37. The van der Waals surface area contributed by atoms with Gasteiger partial charge >= 0.3 is 0 Å². The highest BCUT2D eigenvalue weighted by Crippen LogP contribution is 2.22. The van der Waals surface area contributed by atoms with Gasteiger partial charge in [0.2, 0.25) is 0 Å². The summed E-state index contributed by atoms with van der Waals surface area (Å²) in [5.74, 6) is 0.792. The highest BCUT2D eigenvalue weighted by molar-refractivity contribution is 5.94. The molecule has 0 saturated carbocycles. The summed E-state index contributed by atoms with van der Waals surface area (Å²) in [7, 11) is 0. The van der Waals surface area contributed by atoms with E-state index in [1.54, 1.807) is 24.5 Å². The molecule has 1 aromatic heterocycles. The number of likely N-dealkylation sites (tertiary alicyclic amines) is 1. The van der Waals surface area contributed by atoms with Crippen LogP contribution in [0, 0.1) is 0 Å². The van der Waals surface area contributed by atoms with E-state index in [2.05, 4.69) is 4.98 Å². The number of aromatic nitrogens is 1. The van der Waals surface area contributed by atoms with Crippen LogP contribution in [0.4, 0.5) is 0 Å². The van der Waals surface area contributed by atoms with Gasteiger partial charge in [0.1, 0.15) is 11.9 Å². The zero-order valence-corrected chi connectivity index (χ0v) is 18.6. The molecule has 2 aromatic rings. The zero-order valence-electron chi connectivity index (χ0n) is 18.6. The van der Waals surface area contributed by atoms with Gasteiger partial charge < -0.3 is 19.3 Å². The number of hydrogen-bond acceptors (Lipinski definition) is 5. The van der Waals surface area contributed by atoms with Gasteiger partial charge in [0, 0.05) is 63.6 Å². The van der Waals surface area contributed by atoms with Crippen LogP contribution < -0.4 is 4.74 Å². The number of benzene rings is 1. The first-order chi connectivity index (χ1) is 15.6. The Morgan fingerprint density at radius 2 is 1.91 bits per heavy atom. The number of carbonyl (C=O) groups is 2. The number of piperidine rings is 1. The van der Waals surface area contributed by atoms with Crippen LogP contribution in [0.2, 0.25) is 0 Å². The maximum Gasteiger partial charge on any atom is 0.255 e. The molecule has 2 saturated heterocycles. The summed E-state index contributed by atoms with van der Waals surface area (Å²) in [4.78, 5) is 33.2. The molecule has 2 amide bonds. The lowest BCUT2D eigenvalue weighted by atomic mass is 10.1. The molecule has 3 heterocycles. The van der Waals surface area contributed by atoms with E-state index in [1.165, 1.54) is 0 Å². The monoisotopic (exact) mass is 437 g/mol. The fourth-order valence-corrected chi connectivity index (χ4v) is 4.29. The number of carbonyl (C=O) groups excluding carboxylic acids is 2. The normalized spacial score (nSPS) is 19.0. The molecule has 2 aliphatic rings. The molecule has 0 unspecified atom stereocenters. The average molecular weight is 438 g/mol. The molecule has 0 spiro atoms. The van der Waals surface area contributed by atoms with Crippen molar-refractivity contribution >= 4 is 11.8 Å². The Balaban J connectivity index is 1.27. The minimum absolute atomic E-state index is 0.0166. The number of amides is 2. The van der Waals surface area contributed by atoms with Crippen LogP contribution in [0.15, 0.2) is 48.8 Å². The van der Waals surface area contributed by atoms with Crippen LogP contribution >= 0.6 is 0 Å². The van der Waals surface area contributed by atoms with Crippen molar-refractivity contribution in [1.82, 2.24) is 14.8 Å². The van der Waals surface area contributed by atoms with Gasteiger partial charge in [0.05, 0.1) is 11.7 Å². The van der Waals surface area contributed by atoms with E-state index in [0.29, 0.717) is 37.3 Å². The topological polar surface area (TPSA) is 72.0 Å². The summed E-state index contributed by atoms with van der Waals surface area (Å²) >= 11 is 0. The van der Waals surface area contributed by atoms with E-state index in [4.69, 9.17) is 9.47 Å². The van der Waals surface area contributed by atoms with Gasteiger partial charge in [-0.2, -0.15) is 0 Å². The van der Waals surface area contributed by atoms with Gasteiger partial charge in [-0.3, -0.25) is 14.6 Å². The van der Waals surface area contributed by atoms with Crippen LogP contribution in [-0.4, -0.2) is 71.6 Å². The summed E-state index contributed by atoms with van der Waals surface area (Å²) in [6.07, 6.45) is 7.12. The molecule has 2 aliphatic heterocycles. The van der Waals surface area contributed by atoms with E-state index in [1.807, 2.05) is 41.0 Å². The second kappa shape index (κ2) is 10.6. The smallest absolute Gasteiger partial charge is 0.255 e. The highest BCUT2D eigenvalue weighted by Gasteiger charge is 2.25. The predicted octanol–water partition coefficient (Wildman–Crippen LogP) is 3.41. The lowest BCUT2D eigenvalue weighted by Gasteiger charge is -2.32. The average Bonchev–Trinajstić information content (AvgIpc) is 3.36. The third-order valence-electron chi connectivity index (χ3n) is 6.16. The van der Waals surface area contributed by atoms with Crippen molar-refractivity contribution < 1.29 is 19.1 Å². The quantitative estimate of drug-likeness (QED) is 0.664. The van der Waals surface area contributed by atoms with Gasteiger partial charge in [-0.05, 0) is 56.2 Å². The Morgan fingerprint density at radius 3 is 2.53 bits per heavy atom. The molecule has 32 heavy (non-hydrogen) atoms. The van der Waals surface area contributed by atoms with Gasteiger partial charge in [-0.15, -0.1) is 0 Å². The van der Waals surface area contributed by atoms with Crippen LogP contribution in [0.5, 0.6) is 5.75 Å². The predicted molar refractivity (Wildman–Crippen MR) is 121 cm³/mol. The van der Waals surface area contributed by atoms with Gasteiger partial charge in [-0.25, -0.2) is 0 Å². The Bertz CT molecular complexity index is 889. The van der Waals surface area contributed by atoms with Gasteiger partial charge in [0.15, 0.2) is 0 Å². The summed E-state index contributed by atoms with van der Waals surface area (Å²) in [6.45, 7) is 5.40. The number of likely N-dealkylation sites (N-methyl/N-ethyl adjacent to an activating group) is 1. The van der Waals surface area contributed by atoms with E-state index in [0.717, 1.165) is 38.0 Å². The van der Waals surface area contributed by atoms with Crippen LogP contribution in [0.1, 0.15) is 53.3 Å². The summed E-state index contributed by atoms with van der Waals surface area (Å²) in [6, 6.07) is 11.0. The summed E-state index contributed by atoms with van der Waals surface area (Å²) < 4.78 is 11.8. The van der Waals surface area contributed by atoms with E-state index in [-0.39, 0.29) is 24.0 Å². The molecule has 0 aliphatic carbocycles. The lowest BCUT2D eigenvalue weighted by molar-refractivity contribution is 0.0539. The van der Waals surface area contributed by atoms with Crippen molar-refractivity contribution in [1.29, 1.82) is 0 Å². The minimum Gasteiger partial charge on any atom is -0.490 e. The summed E-state index contributed by atoms with van der Waals surface area (Å²) in [5.41, 5.74) is 1.28. The molecule has 1 atom stereocenters. The van der Waals surface area contributed by atoms with Crippen LogP contribution in [0.25, 0.3) is 0 Å². The molecule has 7 heteroatoms. The molecule has 0 radical (unpaired) electrons. The zero-order chi connectivity index (χ0) is 22.3. The molecule has 170 valence electrons. The first-order valence-electron chi connectivity index (χ1n) is 11.5. The molecule has 4 rings (SSSR count). The SMILES string of the molecule is CCN(C[C@@H]1CCCO1)C(=O)c1ccc(OC2CCN(C(=O)c3cccnc3)CC2)cc1. The Morgan fingerprint density at radius 1 is 1.12 bits per heavy atom. The number of pyridine rings is 1. The number of ether oxygens (including phenoxy) is 2. The van der Waals surface area contributed by atoms with Crippen molar-refractivity contribution in [2.24, 2.45) is 0 Å². The molecule has 2 fully saturated rings. The number of hydrogen-bond donors (Lipinski definition) is 0. The third-order valence-corrected chi connectivity index (χ3v) is 6.16. The molecule has 0 bridgehead atoms. The standard InChI is InChI=1S/C25H31N3O4/c1-2-27(18-23-6-4-16-31-23)24(29)19-7-9-21(10-8-19)32-22-11-14-28(15-12-22)25(30)20-5-3-13-26-17-20/h3,5,7-10,13,17,22-23H,2,4,6,11-12,14-16,18H2,1H3/t23-/m0/s1. The first kappa shape index (κ1) is 22.3. The molecule has 1 aromatic carbocycles. The second-order valence-electron chi connectivity index (χ2n) is 8.35. The minimum atomic E-state index is 0.0166. The van der Waals surface area contributed by atoms with Crippen LogP contribution in [-0.2, 0) is 4.74 Å². The number of nitrogens with zero attached hydrogens (tertiary/aromatic N) is 3. The fraction of sp³-hybridized carbons (Fsp3) is 0.480. The Labute approximate surface area is 189 Å². The van der Waals surface area contributed by atoms with E-state index < -0.39 is 0 Å². The molecular weight excluding hydrogens is 406 g/mol. The van der Waals surface area contributed by atoms with E-state index in [9.17, 15) is 9.59 Å². The lowest BCUT2D eigenvalue weighted by Crippen LogP contribution is -2.41. The van der Waals surface area contributed by atoms with E-state index >= 15 is 0 Å². The van der Waals surface area contributed by atoms with Crippen molar-refractivity contribution in [3.8, 4) is 5.75 Å². The van der Waals surface area contributed by atoms with Gasteiger partial charge in [-0.1, -0.05) is 0 Å². The summed E-state index contributed by atoms with van der Waals surface area (Å²) in [5, 5.41) is 0.